The lowest BCUT2D eigenvalue weighted by Gasteiger charge is -2.23. The van der Waals surface area contributed by atoms with Crippen molar-refractivity contribution in [1.29, 1.82) is 0 Å². The molecule has 2 unspecified atom stereocenters. The highest BCUT2D eigenvalue weighted by Gasteiger charge is 2.22. The van der Waals surface area contributed by atoms with Crippen molar-refractivity contribution < 1.29 is 4.39 Å². The van der Waals surface area contributed by atoms with Gasteiger partial charge in [0.15, 0.2) is 0 Å². The minimum Gasteiger partial charge on any atom is -0.330 e. The highest BCUT2D eigenvalue weighted by atomic mass is 19.1. The summed E-state index contributed by atoms with van der Waals surface area (Å²) in [6.45, 7) is 0.778. The van der Waals surface area contributed by atoms with Gasteiger partial charge in [0.05, 0.1) is 0 Å². The molecule has 2 atom stereocenters. The summed E-state index contributed by atoms with van der Waals surface area (Å²) in [6, 6.07) is 7.01. The second kappa shape index (κ2) is 6.15. The molecule has 94 valence electrons. The summed E-state index contributed by atoms with van der Waals surface area (Å²) < 4.78 is 13.2. The Bertz CT molecular complexity index is 351. The van der Waals surface area contributed by atoms with E-state index in [2.05, 4.69) is 0 Å². The van der Waals surface area contributed by atoms with Crippen LogP contribution in [-0.4, -0.2) is 6.54 Å². The van der Waals surface area contributed by atoms with Gasteiger partial charge in [-0.1, -0.05) is 31.4 Å². The van der Waals surface area contributed by atoms with Crippen molar-refractivity contribution in [3.8, 4) is 0 Å². The van der Waals surface area contributed by atoms with E-state index < -0.39 is 0 Å². The van der Waals surface area contributed by atoms with Crippen LogP contribution in [0.15, 0.2) is 24.3 Å². The van der Waals surface area contributed by atoms with Crippen LogP contribution in [0.4, 0.5) is 4.39 Å². The molecule has 2 rings (SSSR count). The predicted molar refractivity (Wildman–Crippen MR) is 69.2 cm³/mol. The van der Waals surface area contributed by atoms with Crippen molar-refractivity contribution in [1.82, 2.24) is 0 Å². The van der Waals surface area contributed by atoms with Gasteiger partial charge in [-0.2, -0.15) is 0 Å². The molecular weight excluding hydrogens is 213 g/mol. The molecule has 0 saturated heterocycles. The van der Waals surface area contributed by atoms with Crippen LogP contribution < -0.4 is 5.73 Å². The lowest BCUT2D eigenvalue weighted by molar-refractivity contribution is 0.318. The molecule has 0 radical (unpaired) electrons. The Hall–Kier alpha value is -0.890. The number of halogens is 1. The molecule has 1 aromatic carbocycles. The molecule has 2 N–H and O–H groups in total. The third kappa shape index (κ3) is 3.53. The first kappa shape index (κ1) is 12.6. The Morgan fingerprint density at radius 3 is 2.59 bits per heavy atom. The van der Waals surface area contributed by atoms with Gasteiger partial charge in [0.1, 0.15) is 5.82 Å². The fraction of sp³-hybridized carbons (Fsp3) is 0.600. The molecule has 1 aliphatic rings. The van der Waals surface area contributed by atoms with E-state index in [1.807, 2.05) is 6.07 Å². The predicted octanol–water partition coefficient (Wildman–Crippen LogP) is 3.52. The van der Waals surface area contributed by atoms with Gasteiger partial charge in [-0.25, -0.2) is 4.39 Å². The zero-order chi connectivity index (χ0) is 12.1. The van der Waals surface area contributed by atoms with Crippen molar-refractivity contribution in [2.24, 2.45) is 17.6 Å². The van der Waals surface area contributed by atoms with Crippen LogP contribution in [0.5, 0.6) is 0 Å². The molecule has 1 aliphatic carbocycles. The smallest absolute Gasteiger partial charge is 0.123 e. The van der Waals surface area contributed by atoms with E-state index in [1.165, 1.54) is 38.2 Å². The minimum absolute atomic E-state index is 0.125. The number of nitrogens with two attached hydrogens (primary N) is 1. The van der Waals surface area contributed by atoms with Crippen molar-refractivity contribution in [3.63, 3.8) is 0 Å². The van der Waals surface area contributed by atoms with Crippen LogP contribution in [0.2, 0.25) is 0 Å². The van der Waals surface area contributed by atoms with Gasteiger partial charge < -0.3 is 5.73 Å². The van der Waals surface area contributed by atoms with E-state index in [0.717, 1.165) is 18.5 Å². The van der Waals surface area contributed by atoms with E-state index in [9.17, 15) is 4.39 Å². The Morgan fingerprint density at radius 2 is 1.88 bits per heavy atom. The highest BCUT2D eigenvalue weighted by Crippen LogP contribution is 2.30. The number of benzene rings is 1. The summed E-state index contributed by atoms with van der Waals surface area (Å²) in [4.78, 5) is 0. The molecule has 1 fully saturated rings. The molecule has 1 nitrogen and oxygen atoms in total. The van der Waals surface area contributed by atoms with Crippen molar-refractivity contribution in [3.05, 3.63) is 35.6 Å². The van der Waals surface area contributed by atoms with E-state index in [1.54, 1.807) is 12.1 Å². The van der Waals surface area contributed by atoms with Gasteiger partial charge >= 0.3 is 0 Å². The summed E-state index contributed by atoms with van der Waals surface area (Å²) in [7, 11) is 0. The maximum atomic E-state index is 13.2. The molecule has 2 heteroatoms. The van der Waals surface area contributed by atoms with E-state index >= 15 is 0 Å². The number of rotatable bonds is 3. The van der Waals surface area contributed by atoms with E-state index in [4.69, 9.17) is 5.73 Å². The Labute approximate surface area is 103 Å². The lowest BCUT2D eigenvalue weighted by Crippen LogP contribution is -2.24. The molecule has 1 saturated carbocycles. The van der Waals surface area contributed by atoms with Gasteiger partial charge in [0, 0.05) is 0 Å². The third-order valence-corrected chi connectivity index (χ3v) is 4.01. The van der Waals surface area contributed by atoms with E-state index in [-0.39, 0.29) is 5.82 Å². The lowest BCUT2D eigenvalue weighted by atomic mass is 9.83. The van der Waals surface area contributed by atoms with Gasteiger partial charge in [-0.15, -0.1) is 0 Å². The molecule has 0 bridgehead atoms. The van der Waals surface area contributed by atoms with Crippen LogP contribution in [-0.2, 0) is 6.42 Å². The standard InChI is InChI=1S/C15H22FN/c16-15-8-4-5-12(10-15)9-13-6-2-1-3-7-14(13)11-17/h4-5,8,10,13-14H,1-3,6-7,9,11,17H2. The Balaban J connectivity index is 2.04. The first-order valence-electron chi connectivity index (χ1n) is 6.74. The van der Waals surface area contributed by atoms with Crippen LogP contribution in [0.25, 0.3) is 0 Å². The summed E-state index contributed by atoms with van der Waals surface area (Å²) in [5.41, 5.74) is 6.99. The molecule has 0 aromatic heterocycles. The van der Waals surface area contributed by atoms with Gasteiger partial charge in [0.25, 0.3) is 0 Å². The maximum Gasteiger partial charge on any atom is 0.123 e. The minimum atomic E-state index is -0.125. The van der Waals surface area contributed by atoms with Crippen molar-refractivity contribution in [2.45, 2.75) is 38.5 Å². The van der Waals surface area contributed by atoms with Gasteiger partial charge in [-0.05, 0) is 55.3 Å². The van der Waals surface area contributed by atoms with Crippen molar-refractivity contribution in [2.75, 3.05) is 6.54 Å². The third-order valence-electron chi connectivity index (χ3n) is 4.01. The van der Waals surface area contributed by atoms with Crippen LogP contribution >= 0.6 is 0 Å². The zero-order valence-electron chi connectivity index (χ0n) is 10.4. The fourth-order valence-corrected chi connectivity index (χ4v) is 3.01. The average molecular weight is 235 g/mol. The first-order valence-corrected chi connectivity index (χ1v) is 6.74. The summed E-state index contributed by atoms with van der Waals surface area (Å²) in [5.74, 6) is 1.14. The normalized spacial score (nSPS) is 25.5. The summed E-state index contributed by atoms with van der Waals surface area (Å²) in [6.07, 6.45) is 7.42. The fourth-order valence-electron chi connectivity index (χ4n) is 3.01. The second-order valence-corrected chi connectivity index (χ2v) is 5.23. The molecule has 0 heterocycles. The largest absolute Gasteiger partial charge is 0.330 e. The molecule has 0 amide bonds. The first-order chi connectivity index (χ1) is 8.29. The topological polar surface area (TPSA) is 26.0 Å². The number of hydrogen-bond donors (Lipinski definition) is 1. The quantitative estimate of drug-likeness (QED) is 0.797. The monoisotopic (exact) mass is 235 g/mol. The molecular formula is C15H22FN. The Kier molecular flexibility index (Phi) is 4.55. The van der Waals surface area contributed by atoms with Gasteiger partial charge in [0.2, 0.25) is 0 Å². The molecule has 0 spiro atoms. The number of hydrogen-bond acceptors (Lipinski definition) is 1. The zero-order valence-corrected chi connectivity index (χ0v) is 10.4. The van der Waals surface area contributed by atoms with Crippen LogP contribution in [0.3, 0.4) is 0 Å². The van der Waals surface area contributed by atoms with Gasteiger partial charge in [-0.3, -0.25) is 0 Å². The summed E-state index contributed by atoms with van der Waals surface area (Å²) >= 11 is 0. The maximum absolute atomic E-state index is 13.2. The average Bonchev–Trinajstić information content (AvgIpc) is 2.54. The SMILES string of the molecule is NCC1CCCCCC1Cc1cccc(F)c1. The summed E-state index contributed by atoms with van der Waals surface area (Å²) in [5, 5.41) is 0. The van der Waals surface area contributed by atoms with Crippen molar-refractivity contribution >= 4 is 0 Å². The van der Waals surface area contributed by atoms with Crippen LogP contribution in [0.1, 0.15) is 37.7 Å². The molecule has 0 aliphatic heterocycles. The Morgan fingerprint density at radius 1 is 1.12 bits per heavy atom. The molecule has 1 aromatic rings. The van der Waals surface area contributed by atoms with E-state index in [0.29, 0.717) is 11.8 Å². The second-order valence-electron chi connectivity index (χ2n) is 5.23. The molecule has 17 heavy (non-hydrogen) atoms. The highest BCUT2D eigenvalue weighted by molar-refractivity contribution is 5.17. The van der Waals surface area contributed by atoms with Crippen LogP contribution in [0, 0.1) is 17.7 Å².